The van der Waals surface area contributed by atoms with Crippen LogP contribution in [0.4, 0.5) is 0 Å². The molecule has 2 atom stereocenters. The van der Waals surface area contributed by atoms with Gasteiger partial charge in [-0.3, -0.25) is 4.79 Å². The van der Waals surface area contributed by atoms with E-state index < -0.39 is 12.1 Å². The Morgan fingerprint density at radius 3 is 1.24 bits per heavy atom. The van der Waals surface area contributed by atoms with E-state index in [1.165, 1.54) is 122 Å². The highest BCUT2D eigenvalue weighted by Crippen LogP contribution is 2.16. The van der Waals surface area contributed by atoms with Crippen molar-refractivity contribution >= 4 is 5.91 Å². The van der Waals surface area contributed by atoms with E-state index in [9.17, 15) is 15.0 Å². The number of carbonyl (C=O) groups excluding carboxylic acids is 1. The molecule has 0 bridgehead atoms. The van der Waals surface area contributed by atoms with Gasteiger partial charge < -0.3 is 15.5 Å². The van der Waals surface area contributed by atoms with Gasteiger partial charge in [0.15, 0.2) is 0 Å². The predicted molar refractivity (Wildman–Crippen MR) is 221 cm³/mol. The van der Waals surface area contributed by atoms with E-state index in [0.717, 1.165) is 57.8 Å². The predicted octanol–water partition coefficient (Wildman–Crippen LogP) is 13.3. The van der Waals surface area contributed by atoms with Crippen molar-refractivity contribution in [1.82, 2.24) is 5.32 Å². The fourth-order valence-corrected chi connectivity index (χ4v) is 6.28. The molecule has 0 rings (SSSR count). The second-order valence-electron chi connectivity index (χ2n) is 14.4. The minimum absolute atomic E-state index is 0.0887. The summed E-state index contributed by atoms with van der Waals surface area (Å²) in [6, 6.07) is -0.568. The van der Waals surface area contributed by atoms with Crippen LogP contribution in [-0.2, 0) is 4.79 Å². The summed E-state index contributed by atoms with van der Waals surface area (Å²) in [5.41, 5.74) is 0. The maximum Gasteiger partial charge on any atom is 0.220 e. The molecule has 2 unspecified atom stereocenters. The normalized spacial score (nSPS) is 13.6. The Bertz CT molecular complexity index is 842. The molecule has 0 aromatic heterocycles. The number of aliphatic hydroxyl groups excluding tert-OH is 2. The van der Waals surface area contributed by atoms with E-state index in [2.05, 4.69) is 79.9 Å². The van der Waals surface area contributed by atoms with Crippen molar-refractivity contribution in [2.45, 2.75) is 219 Å². The molecule has 0 aromatic rings. The minimum atomic E-state index is -0.685. The summed E-state index contributed by atoms with van der Waals surface area (Å²) in [6.07, 6.45) is 57.3. The zero-order valence-electron chi connectivity index (χ0n) is 33.2. The van der Waals surface area contributed by atoms with Gasteiger partial charge in [0.25, 0.3) is 0 Å². The Morgan fingerprint density at radius 1 is 0.500 bits per heavy atom. The lowest BCUT2D eigenvalue weighted by atomic mass is 10.0. The second kappa shape index (κ2) is 41.5. The molecule has 4 nitrogen and oxygen atoms in total. The first-order valence-electron chi connectivity index (χ1n) is 21.5. The largest absolute Gasteiger partial charge is 0.394 e. The number of rotatable bonds is 38. The van der Waals surface area contributed by atoms with Crippen LogP contribution in [0.1, 0.15) is 206 Å². The molecule has 1 amide bonds. The van der Waals surface area contributed by atoms with E-state index >= 15 is 0 Å². The molecular weight excluding hydrogens is 615 g/mol. The average molecular weight is 698 g/mol. The number of nitrogens with one attached hydrogen (secondary N) is 1. The molecule has 0 fully saturated rings. The lowest BCUT2D eigenvalue weighted by Gasteiger charge is -2.22. The maximum absolute atomic E-state index is 12.4. The number of amides is 1. The molecule has 0 saturated heterocycles. The van der Waals surface area contributed by atoms with Gasteiger partial charge in [0.05, 0.1) is 18.8 Å². The molecule has 4 heteroatoms. The van der Waals surface area contributed by atoms with Gasteiger partial charge in [-0.15, -0.1) is 0 Å². The Hall–Kier alpha value is -1.91. The zero-order valence-corrected chi connectivity index (χ0v) is 33.2. The van der Waals surface area contributed by atoms with Crippen molar-refractivity contribution in [2.75, 3.05) is 6.61 Å². The van der Waals surface area contributed by atoms with Crippen LogP contribution < -0.4 is 5.32 Å². The van der Waals surface area contributed by atoms with Crippen LogP contribution in [0, 0.1) is 0 Å². The van der Waals surface area contributed by atoms with Crippen molar-refractivity contribution in [3.05, 3.63) is 60.8 Å². The average Bonchev–Trinajstić information content (AvgIpc) is 3.12. The summed E-state index contributed by atoms with van der Waals surface area (Å²) in [7, 11) is 0. The fraction of sp³-hybridized carbons (Fsp3) is 0.761. The Balaban J connectivity index is 3.61. The number of unbranched alkanes of at least 4 members (excludes halogenated alkanes) is 21. The van der Waals surface area contributed by atoms with E-state index in [0.29, 0.717) is 12.8 Å². The lowest BCUT2D eigenvalue weighted by molar-refractivity contribution is -0.123. The summed E-state index contributed by atoms with van der Waals surface area (Å²) in [5, 5.41) is 23.1. The van der Waals surface area contributed by atoms with Crippen LogP contribution in [0.15, 0.2) is 60.8 Å². The van der Waals surface area contributed by atoms with Crippen molar-refractivity contribution in [1.29, 1.82) is 0 Å². The third kappa shape index (κ3) is 37.3. The molecular formula is C46H83NO3. The SMILES string of the molecule is CC/C=C\C/C=C\C/C=C\C/C=C\C/C=C\CCCC(=O)NC(CO)C(O)CCCCCCCCCCCCCCCCCCCCCCC. The topological polar surface area (TPSA) is 69.6 Å². The van der Waals surface area contributed by atoms with Crippen LogP contribution in [0.5, 0.6) is 0 Å². The summed E-state index contributed by atoms with van der Waals surface area (Å²) < 4.78 is 0. The van der Waals surface area contributed by atoms with Crippen molar-refractivity contribution in [3.63, 3.8) is 0 Å². The molecule has 0 saturated carbocycles. The number of carbonyl (C=O) groups is 1. The second-order valence-corrected chi connectivity index (χ2v) is 14.4. The van der Waals surface area contributed by atoms with Gasteiger partial charge in [0, 0.05) is 6.42 Å². The highest BCUT2D eigenvalue weighted by atomic mass is 16.3. The molecule has 0 heterocycles. The molecule has 0 aliphatic rings. The number of aliphatic hydroxyl groups is 2. The van der Waals surface area contributed by atoms with E-state index in [1.807, 2.05) is 0 Å². The van der Waals surface area contributed by atoms with E-state index in [4.69, 9.17) is 0 Å². The highest BCUT2D eigenvalue weighted by molar-refractivity contribution is 5.76. The van der Waals surface area contributed by atoms with Crippen molar-refractivity contribution in [3.8, 4) is 0 Å². The quantitative estimate of drug-likeness (QED) is 0.0444. The van der Waals surface area contributed by atoms with Gasteiger partial charge in [-0.2, -0.15) is 0 Å². The molecule has 0 aliphatic carbocycles. The van der Waals surface area contributed by atoms with Gasteiger partial charge in [-0.1, -0.05) is 209 Å². The number of hydrogen-bond donors (Lipinski definition) is 3. The molecule has 50 heavy (non-hydrogen) atoms. The third-order valence-corrected chi connectivity index (χ3v) is 9.54. The van der Waals surface area contributed by atoms with Gasteiger partial charge in [0.2, 0.25) is 5.91 Å². The zero-order chi connectivity index (χ0) is 36.4. The van der Waals surface area contributed by atoms with Gasteiger partial charge in [-0.05, 0) is 51.4 Å². The molecule has 290 valence electrons. The van der Waals surface area contributed by atoms with Crippen LogP contribution in [0.2, 0.25) is 0 Å². The lowest BCUT2D eigenvalue weighted by Crippen LogP contribution is -2.45. The first-order valence-corrected chi connectivity index (χ1v) is 21.5. The van der Waals surface area contributed by atoms with Crippen LogP contribution in [0.3, 0.4) is 0 Å². The Kier molecular flexibility index (Phi) is 39.9. The maximum atomic E-state index is 12.4. The monoisotopic (exact) mass is 698 g/mol. The van der Waals surface area contributed by atoms with E-state index in [1.54, 1.807) is 0 Å². The minimum Gasteiger partial charge on any atom is -0.394 e. The summed E-state index contributed by atoms with van der Waals surface area (Å²) in [6.45, 7) is 4.22. The van der Waals surface area contributed by atoms with Crippen LogP contribution in [-0.4, -0.2) is 34.9 Å². The standard InChI is InChI=1S/C46H83NO3/c1-3-5-7-9-11-13-15-17-19-21-22-23-24-26-27-29-31-33-35-37-39-41-45(49)44(43-48)47-46(50)42-40-38-36-34-32-30-28-25-20-18-16-14-12-10-8-6-4-2/h6,8,12,14,18,20,28,30,34,36,44-45,48-49H,3-5,7,9-11,13,15-17,19,21-27,29,31-33,35,37-43H2,1-2H3,(H,47,50)/b8-6-,14-12-,20-18-,30-28-,36-34-. The van der Waals surface area contributed by atoms with Gasteiger partial charge in [0.1, 0.15) is 0 Å². The van der Waals surface area contributed by atoms with Gasteiger partial charge >= 0.3 is 0 Å². The van der Waals surface area contributed by atoms with Gasteiger partial charge in [-0.25, -0.2) is 0 Å². The van der Waals surface area contributed by atoms with Crippen LogP contribution >= 0.6 is 0 Å². The Labute approximate surface area is 311 Å². The van der Waals surface area contributed by atoms with Crippen molar-refractivity contribution in [2.24, 2.45) is 0 Å². The van der Waals surface area contributed by atoms with Crippen LogP contribution in [0.25, 0.3) is 0 Å². The third-order valence-electron chi connectivity index (χ3n) is 9.54. The summed E-state index contributed by atoms with van der Waals surface area (Å²) in [5.74, 6) is -0.0887. The first-order chi connectivity index (χ1) is 24.7. The number of hydrogen-bond acceptors (Lipinski definition) is 3. The molecule has 0 spiro atoms. The van der Waals surface area contributed by atoms with E-state index in [-0.39, 0.29) is 12.5 Å². The molecule has 0 radical (unpaired) electrons. The summed E-state index contributed by atoms with van der Waals surface area (Å²) in [4.78, 5) is 12.4. The molecule has 0 aliphatic heterocycles. The Morgan fingerprint density at radius 2 is 0.860 bits per heavy atom. The molecule has 3 N–H and O–H groups in total. The first kappa shape index (κ1) is 48.1. The summed E-state index contributed by atoms with van der Waals surface area (Å²) >= 11 is 0. The fourth-order valence-electron chi connectivity index (χ4n) is 6.28. The smallest absolute Gasteiger partial charge is 0.220 e. The molecule has 0 aromatic carbocycles. The van der Waals surface area contributed by atoms with Crippen molar-refractivity contribution < 1.29 is 15.0 Å². The number of allylic oxidation sites excluding steroid dienone is 10. The highest BCUT2D eigenvalue weighted by Gasteiger charge is 2.19.